The molecule has 0 radical (unpaired) electrons. The van der Waals surface area contributed by atoms with Gasteiger partial charge in [-0.05, 0) is 35.9 Å². The number of carbonyl (C=O) groups excluding carboxylic acids is 1. The van der Waals surface area contributed by atoms with Crippen LogP contribution in [0.15, 0.2) is 53.2 Å². The second-order valence-electron chi connectivity index (χ2n) is 8.20. The van der Waals surface area contributed by atoms with Gasteiger partial charge in [0.2, 0.25) is 0 Å². The predicted octanol–water partition coefficient (Wildman–Crippen LogP) is 4.52. The van der Waals surface area contributed by atoms with Gasteiger partial charge in [0.1, 0.15) is 12.4 Å². The van der Waals surface area contributed by atoms with Crippen molar-refractivity contribution in [3.8, 4) is 5.75 Å². The topological polar surface area (TPSA) is 102 Å². The summed E-state index contributed by atoms with van der Waals surface area (Å²) in [5, 5.41) is 10.7. The van der Waals surface area contributed by atoms with Gasteiger partial charge in [0.25, 0.3) is 5.91 Å². The summed E-state index contributed by atoms with van der Waals surface area (Å²) in [5.74, 6) is 0.683. The summed E-state index contributed by atoms with van der Waals surface area (Å²) in [7, 11) is 0. The maximum atomic E-state index is 12.4. The molecule has 8 nitrogen and oxygen atoms in total. The zero-order valence-corrected chi connectivity index (χ0v) is 20.8. The van der Waals surface area contributed by atoms with Crippen LogP contribution >= 0.6 is 22.7 Å². The third-order valence-electron chi connectivity index (χ3n) is 5.74. The first-order chi connectivity index (χ1) is 17.1. The van der Waals surface area contributed by atoms with Crippen LogP contribution in [0.25, 0.3) is 10.2 Å². The molecular formula is C25H27N5O3S2. The average Bonchev–Trinajstić information content (AvgIpc) is 3.48. The number of nitrogens with zero attached hydrogens (tertiary/aromatic N) is 2. The van der Waals surface area contributed by atoms with E-state index in [1.807, 2.05) is 47.8 Å². The number of nitrogens with two attached hydrogens (primary N) is 1. The van der Waals surface area contributed by atoms with Crippen molar-refractivity contribution in [2.24, 2.45) is 0 Å². The molecule has 35 heavy (non-hydrogen) atoms. The van der Waals surface area contributed by atoms with Crippen LogP contribution in [0.5, 0.6) is 5.75 Å². The van der Waals surface area contributed by atoms with Gasteiger partial charge in [0.15, 0.2) is 5.13 Å². The Morgan fingerprint density at radius 3 is 2.74 bits per heavy atom. The van der Waals surface area contributed by atoms with Crippen molar-refractivity contribution in [2.45, 2.75) is 6.54 Å². The number of hydrogen-bond acceptors (Lipinski definition) is 9. The molecule has 0 spiro atoms. The smallest absolute Gasteiger partial charge is 0.255 e. The van der Waals surface area contributed by atoms with E-state index in [0.29, 0.717) is 30.1 Å². The molecule has 10 heteroatoms. The Balaban J connectivity index is 1.13. The lowest BCUT2D eigenvalue weighted by molar-refractivity contribution is 0.0322. The fourth-order valence-corrected chi connectivity index (χ4v) is 5.31. The highest BCUT2D eigenvalue weighted by Gasteiger charge is 2.11. The molecule has 0 atom stereocenters. The number of amides is 1. The summed E-state index contributed by atoms with van der Waals surface area (Å²) < 4.78 is 12.4. The van der Waals surface area contributed by atoms with Gasteiger partial charge in [-0.15, -0.1) is 11.3 Å². The minimum atomic E-state index is -0.177. The number of carbonyl (C=O) groups is 1. The molecule has 0 unspecified atom stereocenters. The highest BCUT2D eigenvalue weighted by atomic mass is 32.1. The molecule has 1 aliphatic rings. The van der Waals surface area contributed by atoms with Gasteiger partial charge in [-0.2, -0.15) is 0 Å². The number of anilines is 3. The second kappa shape index (κ2) is 11.0. The highest BCUT2D eigenvalue weighted by Crippen LogP contribution is 2.29. The number of nitrogens with one attached hydrogen (secondary N) is 2. The van der Waals surface area contributed by atoms with E-state index < -0.39 is 0 Å². The number of benzene rings is 2. The standard InChI is InChI=1S/C25H27N5O3S2/c26-20-15-34-16-22(20)28-24(31)18-3-1-17(2-4-18)14-27-25-29-21-6-5-19(13-23(21)35-25)33-12-9-30-7-10-32-11-8-30/h1-6,13,15-16H,7-12,14,26H2,(H,27,29)(H,28,31). The number of aromatic nitrogens is 1. The molecule has 1 amide bonds. The molecule has 3 heterocycles. The number of morpholine rings is 1. The number of ether oxygens (including phenoxy) is 2. The van der Waals surface area contributed by atoms with Gasteiger partial charge < -0.3 is 25.8 Å². The van der Waals surface area contributed by atoms with Crippen LogP contribution in [-0.2, 0) is 11.3 Å². The molecule has 1 aliphatic heterocycles. The number of fused-ring (bicyclic) bond motifs is 1. The predicted molar refractivity (Wildman–Crippen MR) is 143 cm³/mol. The van der Waals surface area contributed by atoms with Crippen LogP contribution in [0.1, 0.15) is 15.9 Å². The van der Waals surface area contributed by atoms with E-state index in [4.69, 9.17) is 15.2 Å². The number of thiophene rings is 1. The van der Waals surface area contributed by atoms with E-state index in [0.717, 1.165) is 59.5 Å². The quantitative estimate of drug-likeness (QED) is 0.305. The number of nitrogen functional groups attached to an aromatic ring is 1. The fourth-order valence-electron chi connectivity index (χ4n) is 3.74. The van der Waals surface area contributed by atoms with Crippen LogP contribution < -0.4 is 21.1 Å². The van der Waals surface area contributed by atoms with Crippen molar-refractivity contribution in [2.75, 3.05) is 55.8 Å². The van der Waals surface area contributed by atoms with E-state index in [-0.39, 0.29) is 5.91 Å². The van der Waals surface area contributed by atoms with Crippen molar-refractivity contribution in [1.29, 1.82) is 0 Å². The average molecular weight is 510 g/mol. The van der Waals surface area contributed by atoms with Crippen LogP contribution in [-0.4, -0.2) is 55.2 Å². The van der Waals surface area contributed by atoms with Crippen LogP contribution in [0.3, 0.4) is 0 Å². The minimum Gasteiger partial charge on any atom is -0.492 e. The lowest BCUT2D eigenvalue weighted by Gasteiger charge is -2.26. The van der Waals surface area contributed by atoms with Gasteiger partial charge >= 0.3 is 0 Å². The maximum Gasteiger partial charge on any atom is 0.255 e. The van der Waals surface area contributed by atoms with Crippen molar-refractivity contribution in [3.63, 3.8) is 0 Å². The van der Waals surface area contributed by atoms with Crippen molar-refractivity contribution >= 4 is 55.3 Å². The summed E-state index contributed by atoms with van der Waals surface area (Å²) >= 11 is 3.06. The summed E-state index contributed by atoms with van der Waals surface area (Å²) in [6, 6.07) is 13.5. The first kappa shape index (κ1) is 23.6. The van der Waals surface area contributed by atoms with Crippen LogP contribution in [0, 0.1) is 0 Å². The molecule has 2 aromatic carbocycles. The molecule has 4 N–H and O–H groups in total. The molecule has 2 aromatic heterocycles. The third kappa shape index (κ3) is 6.09. The molecule has 182 valence electrons. The van der Waals surface area contributed by atoms with Gasteiger partial charge in [-0.1, -0.05) is 23.5 Å². The van der Waals surface area contributed by atoms with Crippen molar-refractivity contribution in [1.82, 2.24) is 9.88 Å². The number of hydrogen-bond donors (Lipinski definition) is 3. The van der Waals surface area contributed by atoms with Crippen molar-refractivity contribution < 1.29 is 14.3 Å². The molecular weight excluding hydrogens is 482 g/mol. The van der Waals surface area contributed by atoms with E-state index in [1.165, 1.54) is 11.3 Å². The Labute approximate surface area is 211 Å². The van der Waals surface area contributed by atoms with Gasteiger partial charge in [-0.3, -0.25) is 9.69 Å². The van der Waals surface area contributed by atoms with Gasteiger partial charge in [0.05, 0.1) is 34.8 Å². The Morgan fingerprint density at radius 1 is 1.14 bits per heavy atom. The largest absolute Gasteiger partial charge is 0.492 e. The second-order valence-corrected chi connectivity index (χ2v) is 9.97. The zero-order valence-electron chi connectivity index (χ0n) is 19.2. The molecule has 1 fully saturated rings. The SMILES string of the molecule is Nc1cscc1NC(=O)c1ccc(CNc2nc3ccc(OCCN4CCOCC4)cc3s2)cc1. The molecule has 0 saturated carbocycles. The monoisotopic (exact) mass is 509 g/mol. The van der Waals surface area contributed by atoms with E-state index in [2.05, 4.69) is 20.5 Å². The van der Waals surface area contributed by atoms with E-state index >= 15 is 0 Å². The normalized spacial score (nSPS) is 14.2. The summed E-state index contributed by atoms with van der Waals surface area (Å²) in [6.45, 7) is 5.70. The first-order valence-corrected chi connectivity index (χ1v) is 13.2. The summed E-state index contributed by atoms with van der Waals surface area (Å²) in [5.41, 5.74) is 9.65. The highest BCUT2D eigenvalue weighted by molar-refractivity contribution is 7.22. The fraction of sp³-hybridized carbons (Fsp3) is 0.280. The zero-order chi connectivity index (χ0) is 24.0. The first-order valence-electron chi connectivity index (χ1n) is 11.4. The van der Waals surface area contributed by atoms with Gasteiger partial charge in [0, 0.05) is 42.5 Å². The maximum absolute atomic E-state index is 12.4. The molecule has 1 saturated heterocycles. The van der Waals surface area contributed by atoms with Gasteiger partial charge in [-0.25, -0.2) is 4.98 Å². The van der Waals surface area contributed by atoms with Crippen LogP contribution in [0.2, 0.25) is 0 Å². The number of rotatable bonds is 9. The molecule has 0 bridgehead atoms. The summed E-state index contributed by atoms with van der Waals surface area (Å²) in [6.07, 6.45) is 0. The van der Waals surface area contributed by atoms with E-state index in [1.54, 1.807) is 16.7 Å². The molecule has 0 aliphatic carbocycles. The van der Waals surface area contributed by atoms with Crippen molar-refractivity contribution in [3.05, 3.63) is 64.4 Å². The Morgan fingerprint density at radius 2 is 1.97 bits per heavy atom. The van der Waals surface area contributed by atoms with E-state index in [9.17, 15) is 4.79 Å². The molecule has 5 rings (SSSR count). The number of thiazole rings is 1. The lowest BCUT2D eigenvalue weighted by Crippen LogP contribution is -2.38. The Bertz CT molecular complexity index is 1280. The van der Waals surface area contributed by atoms with Crippen LogP contribution in [0.4, 0.5) is 16.5 Å². The molecule has 4 aromatic rings. The third-order valence-corrected chi connectivity index (χ3v) is 7.48. The Hall–Kier alpha value is -3.18. The Kier molecular flexibility index (Phi) is 7.43. The summed E-state index contributed by atoms with van der Waals surface area (Å²) in [4.78, 5) is 19.5. The lowest BCUT2D eigenvalue weighted by atomic mass is 10.1. The minimum absolute atomic E-state index is 0.177.